The number of anilines is 1. The van der Waals surface area contributed by atoms with Crippen LogP contribution < -0.4 is 10.3 Å². The van der Waals surface area contributed by atoms with Crippen molar-refractivity contribution in [3.8, 4) is 0 Å². The molecule has 2 rings (SSSR count). The summed E-state index contributed by atoms with van der Waals surface area (Å²) in [6.45, 7) is 0.444. The average molecular weight is 304 g/mol. The molecule has 0 aliphatic carbocycles. The quantitative estimate of drug-likeness (QED) is 0.943. The van der Waals surface area contributed by atoms with E-state index in [0.29, 0.717) is 22.7 Å². The average Bonchev–Trinajstić information content (AvgIpc) is 2.61. The van der Waals surface area contributed by atoms with E-state index in [9.17, 15) is 4.79 Å². The molecular formula is C10H10BrNO3S. The molecule has 0 amide bonds. The van der Waals surface area contributed by atoms with Gasteiger partial charge in [0.05, 0.1) is 11.1 Å². The lowest BCUT2D eigenvalue weighted by atomic mass is 10.4. The molecule has 0 saturated carbocycles. The van der Waals surface area contributed by atoms with Gasteiger partial charge in [0, 0.05) is 25.0 Å². The third kappa shape index (κ3) is 2.00. The predicted molar refractivity (Wildman–Crippen MR) is 68.4 cm³/mol. The summed E-state index contributed by atoms with van der Waals surface area (Å²) in [4.78, 5) is 13.5. The highest BCUT2D eigenvalue weighted by Crippen LogP contribution is 2.30. The van der Waals surface area contributed by atoms with Gasteiger partial charge in [-0.25, -0.2) is 0 Å². The van der Waals surface area contributed by atoms with Crippen LogP contribution in [0, 0.1) is 0 Å². The molecule has 0 radical (unpaired) electrons. The number of thiophene rings is 1. The Labute approximate surface area is 104 Å². The lowest BCUT2D eigenvalue weighted by Gasteiger charge is -2.15. The summed E-state index contributed by atoms with van der Waals surface area (Å²) >= 11 is 4.69. The normalized spacial score (nSPS) is 10.9. The Morgan fingerprint density at radius 1 is 1.62 bits per heavy atom. The summed E-state index contributed by atoms with van der Waals surface area (Å²) in [5.74, 6) is 0.464. The van der Waals surface area contributed by atoms with E-state index in [1.54, 1.807) is 11.9 Å². The number of rotatable bonds is 3. The van der Waals surface area contributed by atoms with E-state index < -0.39 is 0 Å². The van der Waals surface area contributed by atoms with E-state index >= 15 is 0 Å². The van der Waals surface area contributed by atoms with Gasteiger partial charge in [-0.05, 0) is 15.9 Å². The van der Waals surface area contributed by atoms with Crippen molar-refractivity contribution in [3.63, 3.8) is 0 Å². The fourth-order valence-corrected chi connectivity index (χ4v) is 2.80. The minimum Gasteiger partial charge on any atom is -0.438 e. The number of nitrogens with zero attached hydrogens (tertiary/aromatic N) is 1. The van der Waals surface area contributed by atoms with Crippen LogP contribution in [0.25, 0.3) is 10.3 Å². The zero-order valence-electron chi connectivity index (χ0n) is 8.57. The van der Waals surface area contributed by atoms with Crippen molar-refractivity contribution in [3.05, 3.63) is 26.1 Å². The standard InChI is InChI=1S/C10H10BrNO3S/c1-12(2-3-13)8-4-7(14)10-9(15-8)6(11)5-16-10/h4-5,13H,2-3H2,1H3. The molecular weight excluding hydrogens is 294 g/mol. The largest absolute Gasteiger partial charge is 0.438 e. The zero-order chi connectivity index (χ0) is 11.7. The molecule has 2 heterocycles. The van der Waals surface area contributed by atoms with E-state index in [1.165, 1.54) is 17.4 Å². The van der Waals surface area contributed by atoms with Crippen LogP contribution in [0.15, 0.2) is 25.1 Å². The van der Waals surface area contributed by atoms with Gasteiger partial charge in [0.25, 0.3) is 0 Å². The van der Waals surface area contributed by atoms with Gasteiger partial charge in [-0.3, -0.25) is 4.79 Å². The number of halogens is 1. The van der Waals surface area contributed by atoms with Gasteiger partial charge in [-0.2, -0.15) is 0 Å². The summed E-state index contributed by atoms with van der Waals surface area (Å²) < 4.78 is 6.99. The van der Waals surface area contributed by atoms with E-state index in [-0.39, 0.29) is 12.0 Å². The van der Waals surface area contributed by atoms with Crippen LogP contribution in [0.2, 0.25) is 0 Å². The minimum absolute atomic E-state index is 0.0169. The predicted octanol–water partition coefficient (Wildman–Crippen LogP) is 2.05. The molecule has 0 aliphatic rings. The fraction of sp³-hybridized carbons (Fsp3) is 0.300. The molecule has 2 aromatic heterocycles. The maximum atomic E-state index is 11.8. The van der Waals surface area contributed by atoms with Crippen LogP contribution in [-0.2, 0) is 0 Å². The Hall–Kier alpha value is -0.850. The zero-order valence-corrected chi connectivity index (χ0v) is 11.0. The molecule has 0 saturated heterocycles. The van der Waals surface area contributed by atoms with Crippen LogP contribution in [-0.4, -0.2) is 25.3 Å². The van der Waals surface area contributed by atoms with E-state index in [1.807, 2.05) is 5.38 Å². The number of aliphatic hydroxyl groups excluding tert-OH is 1. The Morgan fingerprint density at radius 2 is 2.38 bits per heavy atom. The summed E-state index contributed by atoms with van der Waals surface area (Å²) in [6.07, 6.45) is 0. The molecule has 0 atom stereocenters. The van der Waals surface area contributed by atoms with Crippen LogP contribution in [0.1, 0.15) is 0 Å². The second-order valence-corrected chi connectivity index (χ2v) is 5.07. The highest BCUT2D eigenvalue weighted by molar-refractivity contribution is 9.10. The lowest BCUT2D eigenvalue weighted by Crippen LogP contribution is -2.22. The smallest absolute Gasteiger partial charge is 0.204 e. The summed E-state index contributed by atoms with van der Waals surface area (Å²) in [7, 11) is 1.76. The molecule has 0 fully saturated rings. The van der Waals surface area contributed by atoms with Gasteiger partial charge in [0.1, 0.15) is 4.70 Å². The van der Waals surface area contributed by atoms with Crippen LogP contribution in [0.4, 0.5) is 5.88 Å². The molecule has 0 aliphatic heterocycles. The Morgan fingerprint density at radius 3 is 3.06 bits per heavy atom. The molecule has 1 N–H and O–H groups in total. The summed E-state index contributed by atoms with van der Waals surface area (Å²) in [6, 6.07) is 1.45. The first kappa shape index (κ1) is 11.6. The molecule has 0 unspecified atom stereocenters. The van der Waals surface area contributed by atoms with Crippen molar-refractivity contribution in [1.82, 2.24) is 0 Å². The Bertz CT molecular complexity index is 563. The number of aliphatic hydroxyl groups is 1. The van der Waals surface area contributed by atoms with Crippen LogP contribution in [0.5, 0.6) is 0 Å². The monoisotopic (exact) mass is 303 g/mol. The third-order valence-corrected chi connectivity index (χ3v) is 4.07. The maximum absolute atomic E-state index is 11.8. The molecule has 16 heavy (non-hydrogen) atoms. The third-order valence-electron chi connectivity index (χ3n) is 2.20. The number of likely N-dealkylation sites (N-methyl/N-ethyl adjacent to an activating group) is 1. The minimum atomic E-state index is -0.0586. The maximum Gasteiger partial charge on any atom is 0.204 e. The number of hydrogen-bond acceptors (Lipinski definition) is 5. The van der Waals surface area contributed by atoms with Gasteiger partial charge in [-0.15, -0.1) is 11.3 Å². The van der Waals surface area contributed by atoms with Crippen LogP contribution in [0.3, 0.4) is 0 Å². The molecule has 0 spiro atoms. The molecule has 2 aromatic rings. The van der Waals surface area contributed by atoms with Gasteiger partial charge >= 0.3 is 0 Å². The molecule has 4 nitrogen and oxygen atoms in total. The van der Waals surface area contributed by atoms with Gasteiger partial charge < -0.3 is 14.4 Å². The SMILES string of the molecule is CN(CCO)c1cc(=O)c2scc(Br)c2o1. The van der Waals surface area contributed by atoms with Crippen molar-refractivity contribution in [1.29, 1.82) is 0 Å². The van der Waals surface area contributed by atoms with Crippen molar-refractivity contribution < 1.29 is 9.52 Å². The Balaban J connectivity index is 2.56. The van der Waals surface area contributed by atoms with Gasteiger partial charge in [0.2, 0.25) is 5.43 Å². The van der Waals surface area contributed by atoms with Crippen molar-refractivity contribution in [2.45, 2.75) is 0 Å². The molecule has 0 aromatic carbocycles. The summed E-state index contributed by atoms with van der Waals surface area (Å²) in [5.41, 5.74) is 0.508. The van der Waals surface area contributed by atoms with Gasteiger partial charge in [-0.1, -0.05) is 0 Å². The van der Waals surface area contributed by atoms with Crippen molar-refractivity contribution >= 4 is 43.4 Å². The van der Waals surface area contributed by atoms with E-state index in [4.69, 9.17) is 9.52 Å². The first-order valence-corrected chi connectivity index (χ1v) is 6.33. The topological polar surface area (TPSA) is 53.7 Å². The second-order valence-electron chi connectivity index (χ2n) is 3.34. The Kier molecular flexibility index (Phi) is 3.32. The fourth-order valence-electron chi connectivity index (χ4n) is 1.35. The highest BCUT2D eigenvalue weighted by atomic mass is 79.9. The van der Waals surface area contributed by atoms with Crippen molar-refractivity contribution in [2.24, 2.45) is 0 Å². The molecule has 0 bridgehead atoms. The van der Waals surface area contributed by atoms with E-state index in [0.717, 1.165) is 4.47 Å². The first-order chi connectivity index (χ1) is 7.63. The number of fused-ring (bicyclic) bond motifs is 1. The molecule has 86 valence electrons. The first-order valence-electron chi connectivity index (χ1n) is 4.66. The highest BCUT2D eigenvalue weighted by Gasteiger charge is 2.12. The van der Waals surface area contributed by atoms with E-state index in [2.05, 4.69) is 15.9 Å². The van der Waals surface area contributed by atoms with Crippen LogP contribution >= 0.6 is 27.3 Å². The number of hydrogen-bond donors (Lipinski definition) is 1. The van der Waals surface area contributed by atoms with Gasteiger partial charge in [0.15, 0.2) is 11.5 Å². The second kappa shape index (κ2) is 4.57. The summed E-state index contributed by atoms with van der Waals surface area (Å²) in [5, 5.41) is 10.7. The lowest BCUT2D eigenvalue weighted by molar-refractivity contribution is 0.302. The van der Waals surface area contributed by atoms with Crippen molar-refractivity contribution in [2.75, 3.05) is 25.1 Å². The molecule has 6 heteroatoms.